The predicted octanol–water partition coefficient (Wildman–Crippen LogP) is 0.427. The zero-order valence-electron chi connectivity index (χ0n) is 8.90. The maximum absolute atomic E-state index is 11.7. The molecule has 0 radical (unpaired) electrons. The first-order valence-electron chi connectivity index (χ1n) is 4.25. The molecule has 0 atom stereocenters. The fraction of sp³-hybridized carbons (Fsp3) is 1.00. The van der Waals surface area contributed by atoms with Gasteiger partial charge in [-0.3, -0.25) is 0 Å². The van der Waals surface area contributed by atoms with E-state index in [0.717, 1.165) is 0 Å². The molecule has 0 heterocycles. The van der Waals surface area contributed by atoms with Crippen molar-refractivity contribution in [2.75, 3.05) is 13.7 Å². The molecule has 0 aromatic carbocycles. The maximum atomic E-state index is 11.7. The first-order chi connectivity index (χ1) is 5.66. The minimum atomic E-state index is -3.27. The molecular weight excluding hydrogens is 190 g/mol. The molecule has 0 unspecified atom stereocenters. The molecule has 5 heteroatoms. The van der Waals surface area contributed by atoms with Crippen LogP contribution in [-0.2, 0) is 10.0 Å². The average Bonchev–Trinajstić information content (AvgIpc) is 2.02. The second-order valence-electron chi connectivity index (χ2n) is 4.03. The number of hydrogen-bond acceptors (Lipinski definition) is 3. The van der Waals surface area contributed by atoms with Crippen LogP contribution in [0.5, 0.6) is 0 Å². The van der Waals surface area contributed by atoms with E-state index in [4.69, 9.17) is 5.11 Å². The molecule has 13 heavy (non-hydrogen) atoms. The third-order valence-electron chi connectivity index (χ3n) is 2.22. The number of aliphatic hydroxyl groups excluding tert-OH is 1. The molecule has 4 nitrogen and oxygen atoms in total. The van der Waals surface area contributed by atoms with Gasteiger partial charge in [0.15, 0.2) is 0 Å². The lowest BCUT2D eigenvalue weighted by atomic mass is 10.1. The Morgan fingerprint density at radius 3 is 2.00 bits per heavy atom. The summed E-state index contributed by atoms with van der Waals surface area (Å²) in [5.74, 6) is 0. The number of rotatable bonds is 4. The molecule has 0 aromatic rings. The highest BCUT2D eigenvalue weighted by atomic mass is 32.2. The van der Waals surface area contributed by atoms with Crippen molar-refractivity contribution in [3.05, 3.63) is 0 Å². The molecule has 0 fully saturated rings. The third-order valence-corrected chi connectivity index (χ3v) is 4.67. The monoisotopic (exact) mass is 209 g/mol. The minimum Gasteiger partial charge on any atom is -0.394 e. The van der Waals surface area contributed by atoms with Crippen molar-refractivity contribution in [2.45, 2.75) is 38.5 Å². The Morgan fingerprint density at radius 2 is 1.77 bits per heavy atom. The summed E-state index contributed by atoms with van der Waals surface area (Å²) in [6.45, 7) is 6.44. The van der Waals surface area contributed by atoms with Gasteiger partial charge in [0.1, 0.15) is 0 Å². The molecule has 0 aliphatic rings. The maximum Gasteiger partial charge on any atom is 0.216 e. The molecule has 0 aliphatic carbocycles. The van der Waals surface area contributed by atoms with Gasteiger partial charge in [0.2, 0.25) is 10.0 Å². The lowest BCUT2D eigenvalue weighted by Crippen LogP contribution is -2.49. The van der Waals surface area contributed by atoms with E-state index in [1.165, 1.54) is 11.4 Å². The Hall–Kier alpha value is -0.130. The van der Waals surface area contributed by atoms with Crippen molar-refractivity contribution in [1.29, 1.82) is 0 Å². The summed E-state index contributed by atoms with van der Waals surface area (Å²) in [6.07, 6.45) is 0. The molecule has 1 N–H and O–H groups in total. The first kappa shape index (κ1) is 12.9. The normalized spacial score (nSPS) is 14.2. The fourth-order valence-corrected chi connectivity index (χ4v) is 2.14. The van der Waals surface area contributed by atoms with E-state index >= 15 is 0 Å². The van der Waals surface area contributed by atoms with E-state index in [2.05, 4.69) is 0 Å². The van der Waals surface area contributed by atoms with Crippen molar-refractivity contribution in [1.82, 2.24) is 4.31 Å². The smallest absolute Gasteiger partial charge is 0.216 e. The number of sulfonamides is 1. The van der Waals surface area contributed by atoms with Gasteiger partial charge in [-0.15, -0.1) is 0 Å². The molecule has 0 rings (SSSR count). The highest BCUT2D eigenvalue weighted by Gasteiger charge is 2.33. The highest BCUT2D eigenvalue weighted by molar-refractivity contribution is 7.89. The van der Waals surface area contributed by atoms with Gasteiger partial charge in [0.05, 0.1) is 17.4 Å². The Kier molecular flexibility index (Phi) is 3.90. The quantitative estimate of drug-likeness (QED) is 0.730. The number of nitrogens with zero attached hydrogens (tertiary/aromatic N) is 1. The Labute approximate surface area is 80.6 Å². The SMILES string of the molecule is CC(C)S(=O)(=O)N(C)C(C)(C)CO. The van der Waals surface area contributed by atoms with Crippen molar-refractivity contribution >= 4 is 10.0 Å². The summed E-state index contributed by atoms with van der Waals surface area (Å²) in [5, 5.41) is 8.55. The molecular formula is C8H19NO3S. The van der Waals surface area contributed by atoms with E-state index in [-0.39, 0.29) is 6.61 Å². The van der Waals surface area contributed by atoms with Crippen LogP contribution in [-0.4, -0.2) is 42.3 Å². The van der Waals surface area contributed by atoms with Gasteiger partial charge in [-0.2, -0.15) is 4.31 Å². The van der Waals surface area contributed by atoms with Crippen molar-refractivity contribution in [3.8, 4) is 0 Å². The van der Waals surface area contributed by atoms with E-state index in [9.17, 15) is 8.42 Å². The minimum absolute atomic E-state index is 0.185. The number of aliphatic hydroxyl groups is 1. The summed E-state index contributed by atoms with van der Waals surface area (Å²) in [4.78, 5) is 0. The van der Waals surface area contributed by atoms with Crippen molar-refractivity contribution < 1.29 is 13.5 Å². The largest absolute Gasteiger partial charge is 0.394 e. The second kappa shape index (κ2) is 3.94. The van der Waals surface area contributed by atoms with E-state index in [1.807, 2.05) is 0 Å². The van der Waals surface area contributed by atoms with Crippen molar-refractivity contribution in [3.63, 3.8) is 0 Å². The second-order valence-corrected chi connectivity index (χ2v) is 6.55. The van der Waals surface area contributed by atoms with Crippen LogP contribution < -0.4 is 0 Å². The average molecular weight is 209 g/mol. The van der Waals surface area contributed by atoms with Gasteiger partial charge >= 0.3 is 0 Å². The van der Waals surface area contributed by atoms with Gasteiger partial charge in [-0.25, -0.2) is 8.42 Å². The molecule has 0 aromatic heterocycles. The molecule has 0 saturated heterocycles. The Morgan fingerprint density at radius 1 is 1.38 bits per heavy atom. The van der Waals surface area contributed by atoms with Gasteiger partial charge in [0.25, 0.3) is 0 Å². The summed E-state index contributed by atoms with van der Waals surface area (Å²) in [6, 6.07) is 0. The van der Waals surface area contributed by atoms with E-state index in [1.54, 1.807) is 27.7 Å². The van der Waals surface area contributed by atoms with Crippen LogP contribution in [0.1, 0.15) is 27.7 Å². The number of likely N-dealkylation sites (N-methyl/N-ethyl adjacent to an activating group) is 1. The van der Waals surface area contributed by atoms with Crippen LogP contribution in [0, 0.1) is 0 Å². The van der Waals surface area contributed by atoms with Crippen LogP contribution in [0.25, 0.3) is 0 Å². The summed E-state index contributed by atoms with van der Waals surface area (Å²) in [7, 11) is -1.78. The molecule has 0 bridgehead atoms. The summed E-state index contributed by atoms with van der Waals surface area (Å²) in [5.41, 5.74) is -0.733. The first-order valence-corrected chi connectivity index (χ1v) is 5.75. The number of hydrogen-bond donors (Lipinski definition) is 1. The fourth-order valence-electron chi connectivity index (χ4n) is 0.760. The summed E-state index contributed by atoms with van der Waals surface area (Å²) >= 11 is 0. The van der Waals surface area contributed by atoms with Gasteiger partial charge < -0.3 is 5.11 Å². The lowest BCUT2D eigenvalue weighted by Gasteiger charge is -2.34. The molecule has 80 valence electrons. The Bertz CT molecular complexity index is 257. The van der Waals surface area contributed by atoms with E-state index in [0.29, 0.717) is 0 Å². The third kappa shape index (κ3) is 2.65. The molecule has 0 saturated carbocycles. The van der Waals surface area contributed by atoms with Crippen molar-refractivity contribution in [2.24, 2.45) is 0 Å². The van der Waals surface area contributed by atoms with Crippen LogP contribution >= 0.6 is 0 Å². The molecule has 0 spiro atoms. The van der Waals surface area contributed by atoms with Gasteiger partial charge in [0, 0.05) is 7.05 Å². The summed E-state index contributed by atoms with van der Waals surface area (Å²) < 4.78 is 24.5. The highest BCUT2D eigenvalue weighted by Crippen LogP contribution is 2.18. The van der Waals surface area contributed by atoms with Crippen LogP contribution in [0.15, 0.2) is 0 Å². The zero-order valence-corrected chi connectivity index (χ0v) is 9.72. The zero-order chi connectivity index (χ0) is 10.9. The molecule has 0 aliphatic heterocycles. The van der Waals surface area contributed by atoms with Crippen LogP contribution in [0.3, 0.4) is 0 Å². The topological polar surface area (TPSA) is 57.6 Å². The predicted molar refractivity (Wildman–Crippen MR) is 53.0 cm³/mol. The van der Waals surface area contributed by atoms with E-state index < -0.39 is 20.8 Å². The van der Waals surface area contributed by atoms with Crippen LogP contribution in [0.2, 0.25) is 0 Å². The standard InChI is InChI=1S/C8H19NO3S/c1-7(2)13(11,12)9(5)8(3,4)6-10/h7,10H,6H2,1-5H3. The van der Waals surface area contributed by atoms with Gasteiger partial charge in [-0.05, 0) is 27.7 Å². The van der Waals surface area contributed by atoms with Crippen LogP contribution in [0.4, 0.5) is 0 Å². The molecule has 0 amide bonds. The lowest BCUT2D eigenvalue weighted by molar-refractivity contribution is 0.137. The van der Waals surface area contributed by atoms with Gasteiger partial charge in [-0.1, -0.05) is 0 Å². The Balaban J connectivity index is 4.91.